The van der Waals surface area contributed by atoms with Crippen LogP contribution < -0.4 is 0 Å². The standard InChI is InChI=1S/C8H9N3O/c1-5(12)6-2-3-9-8-7(6)10-4-11-8/h2-5,12H,1H3,(H,9,10,11). The second-order valence-corrected chi connectivity index (χ2v) is 2.68. The molecule has 0 aliphatic rings. The molecule has 0 saturated carbocycles. The molecule has 2 aromatic heterocycles. The lowest BCUT2D eigenvalue weighted by molar-refractivity contribution is 0.200. The maximum absolute atomic E-state index is 9.36. The van der Waals surface area contributed by atoms with Crippen LogP contribution in [0.15, 0.2) is 18.6 Å². The zero-order valence-electron chi connectivity index (χ0n) is 6.65. The van der Waals surface area contributed by atoms with Gasteiger partial charge in [0.15, 0.2) is 5.65 Å². The van der Waals surface area contributed by atoms with Crippen LogP contribution in [-0.4, -0.2) is 20.1 Å². The summed E-state index contributed by atoms with van der Waals surface area (Å²) >= 11 is 0. The second kappa shape index (κ2) is 2.57. The Morgan fingerprint density at radius 2 is 2.33 bits per heavy atom. The summed E-state index contributed by atoms with van der Waals surface area (Å²) in [6, 6.07) is 1.78. The SMILES string of the molecule is CC(O)c1ccnc2nc[nH]c12. The fraction of sp³-hybridized carbons (Fsp3) is 0.250. The van der Waals surface area contributed by atoms with E-state index in [4.69, 9.17) is 0 Å². The van der Waals surface area contributed by atoms with E-state index in [1.54, 1.807) is 25.5 Å². The number of hydrogen-bond acceptors (Lipinski definition) is 3. The minimum Gasteiger partial charge on any atom is -0.389 e. The van der Waals surface area contributed by atoms with Crippen LogP contribution >= 0.6 is 0 Å². The Morgan fingerprint density at radius 1 is 1.50 bits per heavy atom. The summed E-state index contributed by atoms with van der Waals surface area (Å²) in [5, 5.41) is 9.36. The Morgan fingerprint density at radius 3 is 3.08 bits per heavy atom. The number of aromatic nitrogens is 3. The Hall–Kier alpha value is -1.42. The predicted octanol–water partition coefficient (Wildman–Crippen LogP) is 1.01. The second-order valence-electron chi connectivity index (χ2n) is 2.68. The number of pyridine rings is 1. The molecular weight excluding hydrogens is 154 g/mol. The van der Waals surface area contributed by atoms with Crippen molar-refractivity contribution in [2.45, 2.75) is 13.0 Å². The number of H-pyrrole nitrogens is 1. The van der Waals surface area contributed by atoms with Gasteiger partial charge in [0.05, 0.1) is 17.9 Å². The number of aliphatic hydroxyl groups is 1. The van der Waals surface area contributed by atoms with Gasteiger partial charge in [-0.05, 0) is 13.0 Å². The van der Waals surface area contributed by atoms with Gasteiger partial charge >= 0.3 is 0 Å². The van der Waals surface area contributed by atoms with Crippen molar-refractivity contribution in [3.8, 4) is 0 Å². The molecule has 1 atom stereocenters. The van der Waals surface area contributed by atoms with Gasteiger partial charge in [0, 0.05) is 11.8 Å². The average Bonchev–Trinajstić information content (AvgIpc) is 2.49. The van der Waals surface area contributed by atoms with E-state index in [1.807, 2.05) is 0 Å². The molecule has 2 N–H and O–H groups in total. The molecule has 62 valence electrons. The third-order valence-electron chi connectivity index (χ3n) is 1.81. The molecule has 0 aliphatic carbocycles. The molecule has 0 bridgehead atoms. The van der Waals surface area contributed by atoms with Crippen LogP contribution in [0.2, 0.25) is 0 Å². The van der Waals surface area contributed by atoms with E-state index in [0.717, 1.165) is 11.1 Å². The third-order valence-corrected chi connectivity index (χ3v) is 1.81. The van der Waals surface area contributed by atoms with Crippen LogP contribution in [-0.2, 0) is 0 Å². The highest BCUT2D eigenvalue weighted by atomic mass is 16.3. The lowest BCUT2D eigenvalue weighted by atomic mass is 10.1. The number of imidazole rings is 1. The zero-order chi connectivity index (χ0) is 8.55. The number of aromatic amines is 1. The average molecular weight is 163 g/mol. The van der Waals surface area contributed by atoms with Gasteiger partial charge < -0.3 is 10.1 Å². The fourth-order valence-electron chi connectivity index (χ4n) is 1.22. The molecule has 2 rings (SSSR count). The molecule has 0 radical (unpaired) electrons. The summed E-state index contributed by atoms with van der Waals surface area (Å²) in [7, 11) is 0. The molecule has 0 spiro atoms. The minimum absolute atomic E-state index is 0.490. The molecule has 0 amide bonds. The van der Waals surface area contributed by atoms with Gasteiger partial charge in [0.1, 0.15) is 0 Å². The molecule has 2 heterocycles. The maximum atomic E-state index is 9.36. The van der Waals surface area contributed by atoms with Crippen molar-refractivity contribution in [2.75, 3.05) is 0 Å². The Bertz CT molecular complexity index is 394. The van der Waals surface area contributed by atoms with Crippen molar-refractivity contribution in [1.82, 2.24) is 15.0 Å². The zero-order valence-corrected chi connectivity index (χ0v) is 6.65. The van der Waals surface area contributed by atoms with Gasteiger partial charge in [-0.25, -0.2) is 9.97 Å². The van der Waals surface area contributed by atoms with Crippen molar-refractivity contribution in [3.63, 3.8) is 0 Å². The predicted molar refractivity (Wildman–Crippen MR) is 44.5 cm³/mol. The summed E-state index contributed by atoms with van der Waals surface area (Å²) in [4.78, 5) is 11.0. The first-order chi connectivity index (χ1) is 5.79. The fourth-order valence-corrected chi connectivity index (χ4v) is 1.22. The van der Waals surface area contributed by atoms with Crippen molar-refractivity contribution in [1.29, 1.82) is 0 Å². The molecule has 0 aromatic carbocycles. The monoisotopic (exact) mass is 163 g/mol. The van der Waals surface area contributed by atoms with Crippen LogP contribution in [0, 0.1) is 0 Å². The van der Waals surface area contributed by atoms with Crippen LogP contribution in [0.5, 0.6) is 0 Å². The number of nitrogens with zero attached hydrogens (tertiary/aromatic N) is 2. The first kappa shape index (κ1) is 7.24. The third kappa shape index (κ3) is 0.967. The number of rotatable bonds is 1. The van der Waals surface area contributed by atoms with E-state index >= 15 is 0 Å². The van der Waals surface area contributed by atoms with E-state index in [0.29, 0.717) is 5.65 Å². The lowest BCUT2D eigenvalue weighted by Gasteiger charge is -2.03. The highest BCUT2D eigenvalue weighted by Gasteiger charge is 2.07. The van der Waals surface area contributed by atoms with Crippen molar-refractivity contribution in [2.24, 2.45) is 0 Å². The Labute approximate surface area is 69.3 Å². The van der Waals surface area contributed by atoms with E-state index in [9.17, 15) is 5.11 Å². The van der Waals surface area contributed by atoms with E-state index in [-0.39, 0.29) is 0 Å². The Kier molecular flexibility index (Phi) is 1.55. The van der Waals surface area contributed by atoms with E-state index in [1.165, 1.54) is 0 Å². The van der Waals surface area contributed by atoms with Gasteiger partial charge in [0.25, 0.3) is 0 Å². The summed E-state index contributed by atoms with van der Waals surface area (Å²) < 4.78 is 0. The normalized spacial score (nSPS) is 13.5. The summed E-state index contributed by atoms with van der Waals surface area (Å²) in [5.74, 6) is 0. The molecule has 2 aromatic rings. The minimum atomic E-state index is -0.490. The molecular formula is C8H9N3O. The van der Waals surface area contributed by atoms with Crippen LogP contribution in [0.4, 0.5) is 0 Å². The largest absolute Gasteiger partial charge is 0.389 e. The highest BCUT2D eigenvalue weighted by Crippen LogP contribution is 2.18. The van der Waals surface area contributed by atoms with E-state index < -0.39 is 6.10 Å². The van der Waals surface area contributed by atoms with Crippen LogP contribution in [0.1, 0.15) is 18.6 Å². The molecule has 4 heteroatoms. The van der Waals surface area contributed by atoms with Gasteiger partial charge in [-0.3, -0.25) is 0 Å². The number of nitrogens with one attached hydrogen (secondary N) is 1. The van der Waals surface area contributed by atoms with Gasteiger partial charge in [-0.1, -0.05) is 0 Å². The van der Waals surface area contributed by atoms with Gasteiger partial charge in [0.2, 0.25) is 0 Å². The van der Waals surface area contributed by atoms with Crippen molar-refractivity contribution >= 4 is 11.2 Å². The summed E-state index contributed by atoms with van der Waals surface area (Å²) in [5.41, 5.74) is 2.29. The molecule has 12 heavy (non-hydrogen) atoms. The van der Waals surface area contributed by atoms with Gasteiger partial charge in [-0.2, -0.15) is 0 Å². The highest BCUT2D eigenvalue weighted by molar-refractivity contribution is 5.74. The number of aliphatic hydroxyl groups excluding tert-OH is 1. The lowest BCUT2D eigenvalue weighted by Crippen LogP contribution is -1.93. The van der Waals surface area contributed by atoms with Crippen LogP contribution in [0.3, 0.4) is 0 Å². The van der Waals surface area contributed by atoms with Crippen molar-refractivity contribution < 1.29 is 5.11 Å². The van der Waals surface area contributed by atoms with Crippen LogP contribution in [0.25, 0.3) is 11.2 Å². The topological polar surface area (TPSA) is 61.8 Å². The number of hydrogen-bond donors (Lipinski definition) is 2. The summed E-state index contributed by atoms with van der Waals surface area (Å²) in [6.07, 6.45) is 2.73. The molecule has 0 saturated heterocycles. The Balaban J connectivity index is 2.73. The molecule has 0 aliphatic heterocycles. The molecule has 0 fully saturated rings. The smallest absolute Gasteiger partial charge is 0.177 e. The molecule has 1 unspecified atom stereocenters. The van der Waals surface area contributed by atoms with Gasteiger partial charge in [-0.15, -0.1) is 0 Å². The van der Waals surface area contributed by atoms with Crippen molar-refractivity contribution in [3.05, 3.63) is 24.2 Å². The van der Waals surface area contributed by atoms with E-state index in [2.05, 4.69) is 15.0 Å². The first-order valence-electron chi connectivity index (χ1n) is 3.75. The molecule has 4 nitrogen and oxygen atoms in total. The summed E-state index contributed by atoms with van der Waals surface area (Å²) in [6.45, 7) is 1.72. The first-order valence-corrected chi connectivity index (χ1v) is 3.75. The maximum Gasteiger partial charge on any atom is 0.177 e. The number of fused-ring (bicyclic) bond motifs is 1. The quantitative estimate of drug-likeness (QED) is 0.659.